The molecule has 0 amide bonds. The van der Waals surface area contributed by atoms with Gasteiger partial charge in [0.1, 0.15) is 0 Å². The molecule has 0 atom stereocenters. The lowest BCUT2D eigenvalue weighted by molar-refractivity contribution is 0.342. The first kappa shape index (κ1) is 12.4. The smallest absolute Gasteiger partial charge is 0.0612 e. The number of allylic oxidation sites excluding steroid dienone is 3. The van der Waals surface area contributed by atoms with E-state index >= 15 is 0 Å². The Morgan fingerprint density at radius 1 is 0.846 bits per heavy atom. The van der Waals surface area contributed by atoms with E-state index in [4.69, 9.17) is 5.11 Å². The summed E-state index contributed by atoms with van der Waals surface area (Å²) >= 11 is 0. The van der Waals surface area contributed by atoms with Crippen LogP contribution in [0.5, 0.6) is 0 Å². The van der Waals surface area contributed by atoms with Crippen molar-refractivity contribution < 1.29 is 5.11 Å². The van der Waals surface area contributed by atoms with Crippen LogP contribution < -0.4 is 0 Å². The predicted octanol–water partition coefficient (Wildman–Crippen LogP) is 3.45. The van der Waals surface area contributed by atoms with Gasteiger partial charge in [-0.05, 0) is 25.7 Å². The van der Waals surface area contributed by atoms with Crippen molar-refractivity contribution in [2.75, 3.05) is 6.61 Å². The third-order valence-electron chi connectivity index (χ3n) is 1.91. The van der Waals surface area contributed by atoms with Crippen molar-refractivity contribution in [3.05, 3.63) is 24.3 Å². The lowest BCUT2D eigenvalue weighted by atomic mass is 10.2. The van der Waals surface area contributed by atoms with E-state index in [0.717, 1.165) is 12.8 Å². The van der Waals surface area contributed by atoms with E-state index in [2.05, 4.69) is 19.1 Å². The van der Waals surface area contributed by atoms with Crippen molar-refractivity contribution in [1.82, 2.24) is 0 Å². The quantitative estimate of drug-likeness (QED) is 0.450. The van der Waals surface area contributed by atoms with E-state index in [0.29, 0.717) is 0 Å². The zero-order chi connectivity index (χ0) is 9.78. The normalized spacial score (nSPS) is 11.8. The standard InChI is InChI=1S/C12H22O/c1-2-3-4-5-6-7-8-9-10-11-12-13/h6-7,10-11,13H,2-5,8-9,12H2,1H3. The molecule has 0 spiro atoms. The van der Waals surface area contributed by atoms with Crippen LogP contribution in [0, 0.1) is 0 Å². The molecule has 0 aliphatic rings. The van der Waals surface area contributed by atoms with Gasteiger partial charge in [-0.3, -0.25) is 0 Å². The zero-order valence-electron chi connectivity index (χ0n) is 8.71. The lowest BCUT2D eigenvalue weighted by Gasteiger charge is -1.91. The highest BCUT2D eigenvalue weighted by atomic mass is 16.2. The first-order valence-electron chi connectivity index (χ1n) is 5.32. The molecule has 0 aromatic carbocycles. The maximum absolute atomic E-state index is 8.46. The van der Waals surface area contributed by atoms with Gasteiger partial charge < -0.3 is 5.11 Å². The van der Waals surface area contributed by atoms with Gasteiger partial charge in [-0.15, -0.1) is 0 Å². The summed E-state index contributed by atoms with van der Waals surface area (Å²) in [5.74, 6) is 0. The Bertz CT molecular complexity index is 136. The van der Waals surface area contributed by atoms with Gasteiger partial charge >= 0.3 is 0 Å². The molecule has 0 fully saturated rings. The fraction of sp³-hybridized carbons (Fsp3) is 0.667. The second-order valence-corrected chi connectivity index (χ2v) is 3.20. The van der Waals surface area contributed by atoms with E-state index in [1.54, 1.807) is 6.08 Å². The van der Waals surface area contributed by atoms with Gasteiger partial charge in [-0.2, -0.15) is 0 Å². The molecule has 0 saturated heterocycles. The largest absolute Gasteiger partial charge is 0.392 e. The number of hydrogen-bond donors (Lipinski definition) is 1. The number of aliphatic hydroxyl groups excluding tert-OH is 1. The van der Waals surface area contributed by atoms with E-state index < -0.39 is 0 Å². The van der Waals surface area contributed by atoms with Crippen LogP contribution in [-0.2, 0) is 0 Å². The van der Waals surface area contributed by atoms with Crippen molar-refractivity contribution in [1.29, 1.82) is 0 Å². The van der Waals surface area contributed by atoms with Gasteiger partial charge in [0.25, 0.3) is 0 Å². The van der Waals surface area contributed by atoms with E-state index in [-0.39, 0.29) is 6.61 Å². The molecular formula is C12H22O. The van der Waals surface area contributed by atoms with Crippen LogP contribution in [0.1, 0.15) is 45.4 Å². The Hall–Kier alpha value is -0.560. The molecule has 0 aromatic heterocycles. The van der Waals surface area contributed by atoms with E-state index in [1.165, 1.54) is 25.7 Å². The molecule has 0 saturated carbocycles. The molecule has 0 aromatic rings. The molecule has 76 valence electrons. The summed E-state index contributed by atoms with van der Waals surface area (Å²) in [5, 5.41) is 8.46. The fourth-order valence-electron chi connectivity index (χ4n) is 1.13. The molecule has 0 radical (unpaired) electrons. The summed E-state index contributed by atoms with van der Waals surface area (Å²) in [7, 11) is 0. The molecule has 0 aliphatic carbocycles. The second-order valence-electron chi connectivity index (χ2n) is 3.20. The van der Waals surface area contributed by atoms with Gasteiger partial charge in [0.05, 0.1) is 6.61 Å². The summed E-state index contributed by atoms with van der Waals surface area (Å²) in [6.07, 6.45) is 15.6. The van der Waals surface area contributed by atoms with Gasteiger partial charge in [0, 0.05) is 0 Å². The Labute approximate surface area is 82.2 Å². The topological polar surface area (TPSA) is 20.2 Å². The molecule has 0 aliphatic heterocycles. The molecule has 13 heavy (non-hydrogen) atoms. The van der Waals surface area contributed by atoms with Crippen LogP contribution in [0.25, 0.3) is 0 Å². The van der Waals surface area contributed by atoms with Gasteiger partial charge in [-0.25, -0.2) is 0 Å². The minimum Gasteiger partial charge on any atom is -0.392 e. The Kier molecular flexibility index (Phi) is 10.9. The average Bonchev–Trinajstić information content (AvgIpc) is 2.16. The fourth-order valence-corrected chi connectivity index (χ4v) is 1.13. The van der Waals surface area contributed by atoms with Gasteiger partial charge in [0.15, 0.2) is 0 Å². The summed E-state index contributed by atoms with van der Waals surface area (Å²) in [5.41, 5.74) is 0. The number of hydrogen-bond acceptors (Lipinski definition) is 1. The third kappa shape index (κ3) is 11.4. The lowest BCUT2D eigenvalue weighted by Crippen LogP contribution is -1.72. The number of rotatable bonds is 8. The van der Waals surface area contributed by atoms with Crippen molar-refractivity contribution in [3.63, 3.8) is 0 Å². The second kappa shape index (κ2) is 11.4. The molecule has 0 bridgehead atoms. The van der Waals surface area contributed by atoms with Crippen LogP contribution in [0.3, 0.4) is 0 Å². The maximum atomic E-state index is 8.46. The Morgan fingerprint density at radius 3 is 2.08 bits per heavy atom. The predicted molar refractivity (Wildman–Crippen MR) is 58.7 cm³/mol. The van der Waals surface area contributed by atoms with Crippen LogP contribution in [0.15, 0.2) is 24.3 Å². The van der Waals surface area contributed by atoms with Crippen LogP contribution in [0.2, 0.25) is 0 Å². The van der Waals surface area contributed by atoms with Crippen molar-refractivity contribution >= 4 is 0 Å². The van der Waals surface area contributed by atoms with Gasteiger partial charge in [-0.1, -0.05) is 44.1 Å². The molecule has 1 N–H and O–H groups in total. The molecule has 0 heterocycles. The number of unbranched alkanes of at least 4 members (excludes halogenated alkanes) is 4. The molecular weight excluding hydrogens is 160 g/mol. The molecule has 0 unspecified atom stereocenters. The summed E-state index contributed by atoms with van der Waals surface area (Å²) in [6, 6.07) is 0. The van der Waals surface area contributed by atoms with Crippen LogP contribution in [-0.4, -0.2) is 11.7 Å². The highest BCUT2D eigenvalue weighted by molar-refractivity contribution is 4.87. The summed E-state index contributed by atoms with van der Waals surface area (Å²) < 4.78 is 0. The number of aliphatic hydroxyl groups is 1. The SMILES string of the molecule is CCCCCC=CCCC=CCO. The highest BCUT2D eigenvalue weighted by Gasteiger charge is 1.81. The maximum Gasteiger partial charge on any atom is 0.0612 e. The Balaban J connectivity index is 3.07. The summed E-state index contributed by atoms with van der Waals surface area (Å²) in [6.45, 7) is 2.39. The minimum atomic E-state index is 0.167. The highest BCUT2D eigenvalue weighted by Crippen LogP contribution is 2.01. The molecule has 0 rings (SSSR count). The first-order chi connectivity index (χ1) is 6.41. The van der Waals surface area contributed by atoms with E-state index in [9.17, 15) is 0 Å². The van der Waals surface area contributed by atoms with Crippen LogP contribution >= 0.6 is 0 Å². The summed E-state index contributed by atoms with van der Waals surface area (Å²) in [4.78, 5) is 0. The van der Waals surface area contributed by atoms with Crippen molar-refractivity contribution in [3.8, 4) is 0 Å². The molecule has 1 nitrogen and oxygen atoms in total. The molecule has 1 heteroatoms. The van der Waals surface area contributed by atoms with Crippen molar-refractivity contribution in [2.45, 2.75) is 45.4 Å². The third-order valence-corrected chi connectivity index (χ3v) is 1.91. The minimum absolute atomic E-state index is 0.167. The van der Waals surface area contributed by atoms with E-state index in [1.807, 2.05) is 6.08 Å². The first-order valence-corrected chi connectivity index (χ1v) is 5.32. The average molecular weight is 182 g/mol. The Morgan fingerprint density at radius 2 is 1.46 bits per heavy atom. The van der Waals surface area contributed by atoms with Crippen molar-refractivity contribution in [2.24, 2.45) is 0 Å². The van der Waals surface area contributed by atoms with Crippen LogP contribution in [0.4, 0.5) is 0 Å². The zero-order valence-corrected chi connectivity index (χ0v) is 8.71. The monoisotopic (exact) mass is 182 g/mol. The van der Waals surface area contributed by atoms with Gasteiger partial charge in [0.2, 0.25) is 0 Å².